The highest BCUT2D eigenvalue weighted by Gasteiger charge is 2.21. The number of para-hydroxylation sites is 3. The summed E-state index contributed by atoms with van der Waals surface area (Å²) >= 11 is 0. The molecule has 6 rings (SSSR count). The van der Waals surface area contributed by atoms with Crippen LogP contribution in [0.5, 0.6) is 11.5 Å². The number of fused-ring (bicyclic) bond motifs is 2. The molecule has 0 atom stereocenters. The molecule has 0 unspecified atom stereocenters. The van der Waals surface area contributed by atoms with Crippen LogP contribution in [-0.4, -0.2) is 40.4 Å². The molecule has 0 fully saturated rings. The topological polar surface area (TPSA) is 151 Å². The van der Waals surface area contributed by atoms with Gasteiger partial charge < -0.3 is 19.2 Å². The largest absolute Gasteiger partial charge is 0.496 e. The number of hydrogen-bond acceptors (Lipinski definition) is 9. The van der Waals surface area contributed by atoms with Crippen molar-refractivity contribution in [2.75, 3.05) is 19.0 Å². The summed E-state index contributed by atoms with van der Waals surface area (Å²) in [5.74, 6) is 0.206. The number of furan rings is 1. The first-order valence-electron chi connectivity index (χ1n) is 13.3. The van der Waals surface area contributed by atoms with E-state index in [9.17, 15) is 19.7 Å². The molecule has 1 amide bonds. The summed E-state index contributed by atoms with van der Waals surface area (Å²) in [6.07, 6.45) is 1.24. The second-order valence-electron chi connectivity index (χ2n) is 9.45. The van der Waals surface area contributed by atoms with Gasteiger partial charge in [-0.1, -0.05) is 42.5 Å². The highest BCUT2D eigenvalue weighted by molar-refractivity contribution is 5.93. The molecule has 0 aliphatic heterocycles. The van der Waals surface area contributed by atoms with Gasteiger partial charge in [0.25, 0.3) is 11.5 Å². The smallest absolute Gasteiger partial charge is 0.311 e. The standard InChI is InChI=1S/C32H23N5O7/c1-42-26-15-8-16-27-23(26)17-28(44-27)31-35-24-13-6-5-12-22(24)32(39)36(31)33-18-20-9-7-14-25(37(40)41)30(20)43-19-29(38)34-21-10-3-2-4-11-21/h2-18H,19H2,1H3,(H,34,38). The van der Waals surface area contributed by atoms with Gasteiger partial charge in [0.15, 0.2) is 12.4 Å². The van der Waals surface area contributed by atoms with Gasteiger partial charge in [-0.05, 0) is 48.5 Å². The Morgan fingerprint density at radius 3 is 2.59 bits per heavy atom. The molecule has 0 bridgehead atoms. The van der Waals surface area contributed by atoms with E-state index in [1.54, 1.807) is 86.0 Å². The molecule has 12 nitrogen and oxygen atoms in total. The Labute approximate surface area is 248 Å². The van der Waals surface area contributed by atoms with Crippen molar-refractivity contribution in [3.63, 3.8) is 0 Å². The number of carbonyl (C=O) groups excluding carboxylic acids is 1. The number of ether oxygens (including phenoxy) is 2. The molecule has 6 aromatic rings. The summed E-state index contributed by atoms with van der Waals surface area (Å²) in [6, 6.07) is 26.7. The van der Waals surface area contributed by atoms with Gasteiger partial charge in [-0.2, -0.15) is 9.78 Å². The van der Waals surface area contributed by atoms with E-state index in [1.807, 2.05) is 0 Å². The number of anilines is 1. The minimum atomic E-state index is -0.626. The van der Waals surface area contributed by atoms with Crippen LogP contribution < -0.4 is 20.3 Å². The summed E-state index contributed by atoms with van der Waals surface area (Å²) < 4.78 is 18.2. The van der Waals surface area contributed by atoms with Gasteiger partial charge in [0.1, 0.15) is 11.3 Å². The van der Waals surface area contributed by atoms with Crippen molar-refractivity contribution < 1.29 is 23.6 Å². The van der Waals surface area contributed by atoms with Crippen molar-refractivity contribution in [2.24, 2.45) is 5.10 Å². The minimum absolute atomic E-state index is 0.0957. The average Bonchev–Trinajstić information content (AvgIpc) is 3.48. The summed E-state index contributed by atoms with van der Waals surface area (Å²) in [5.41, 5.74) is 0.767. The molecule has 44 heavy (non-hydrogen) atoms. The number of carbonyl (C=O) groups is 1. The molecule has 0 aliphatic carbocycles. The molecule has 0 saturated heterocycles. The van der Waals surface area contributed by atoms with E-state index in [0.717, 1.165) is 4.68 Å². The van der Waals surface area contributed by atoms with E-state index in [2.05, 4.69) is 15.4 Å². The molecule has 2 aromatic heterocycles. The fourth-order valence-electron chi connectivity index (χ4n) is 4.63. The van der Waals surface area contributed by atoms with Crippen molar-refractivity contribution in [3.8, 4) is 23.1 Å². The van der Waals surface area contributed by atoms with Gasteiger partial charge in [-0.3, -0.25) is 19.7 Å². The van der Waals surface area contributed by atoms with E-state index in [-0.39, 0.29) is 28.6 Å². The zero-order chi connectivity index (χ0) is 30.6. The first-order chi connectivity index (χ1) is 21.4. The van der Waals surface area contributed by atoms with Crippen LogP contribution in [0.25, 0.3) is 33.5 Å². The minimum Gasteiger partial charge on any atom is -0.496 e. The molecule has 4 aromatic carbocycles. The maximum Gasteiger partial charge on any atom is 0.311 e. The van der Waals surface area contributed by atoms with Crippen LogP contribution in [0.2, 0.25) is 0 Å². The van der Waals surface area contributed by atoms with E-state index >= 15 is 0 Å². The van der Waals surface area contributed by atoms with Gasteiger partial charge in [0, 0.05) is 17.3 Å². The molecule has 1 N–H and O–H groups in total. The number of aromatic nitrogens is 2. The van der Waals surface area contributed by atoms with Gasteiger partial charge >= 0.3 is 5.69 Å². The molecule has 0 aliphatic rings. The van der Waals surface area contributed by atoms with Gasteiger partial charge in [-0.25, -0.2) is 4.98 Å². The quantitative estimate of drug-likeness (QED) is 0.130. The van der Waals surface area contributed by atoms with Crippen LogP contribution >= 0.6 is 0 Å². The van der Waals surface area contributed by atoms with Crippen LogP contribution in [0, 0.1) is 10.1 Å². The lowest BCUT2D eigenvalue weighted by Gasteiger charge is -2.11. The van der Waals surface area contributed by atoms with Crippen LogP contribution in [0.1, 0.15) is 5.56 Å². The van der Waals surface area contributed by atoms with E-state index in [0.29, 0.717) is 33.3 Å². The number of nitro groups is 1. The zero-order valence-electron chi connectivity index (χ0n) is 23.2. The normalized spacial score (nSPS) is 11.2. The highest BCUT2D eigenvalue weighted by Crippen LogP contribution is 2.33. The third-order valence-corrected chi connectivity index (χ3v) is 6.65. The number of rotatable bonds is 9. The van der Waals surface area contributed by atoms with Gasteiger partial charge in [-0.15, -0.1) is 0 Å². The molecule has 0 spiro atoms. The van der Waals surface area contributed by atoms with Crippen LogP contribution in [0.3, 0.4) is 0 Å². The van der Waals surface area contributed by atoms with Crippen LogP contribution in [0.15, 0.2) is 111 Å². The molecule has 0 saturated carbocycles. The monoisotopic (exact) mass is 589 g/mol. The molecule has 2 heterocycles. The third-order valence-electron chi connectivity index (χ3n) is 6.65. The average molecular weight is 590 g/mol. The molecule has 12 heteroatoms. The maximum atomic E-state index is 13.7. The lowest BCUT2D eigenvalue weighted by molar-refractivity contribution is -0.385. The number of nitro benzene ring substituents is 1. The summed E-state index contributed by atoms with van der Waals surface area (Å²) in [6.45, 7) is -0.510. The second-order valence-corrected chi connectivity index (χ2v) is 9.45. The Morgan fingerprint density at radius 2 is 1.80 bits per heavy atom. The Hall–Kier alpha value is -6.30. The SMILES string of the molecule is COc1cccc2oc(-c3nc4ccccc4c(=O)n3N=Cc3cccc([N+](=O)[O-])c3OCC(=O)Nc3ccccc3)cc12. The summed E-state index contributed by atoms with van der Waals surface area (Å²) in [7, 11) is 1.54. The zero-order valence-corrected chi connectivity index (χ0v) is 23.2. The Balaban J connectivity index is 1.42. The van der Waals surface area contributed by atoms with E-state index in [4.69, 9.17) is 13.9 Å². The molecular formula is C32H23N5O7. The summed E-state index contributed by atoms with van der Waals surface area (Å²) in [4.78, 5) is 42.1. The van der Waals surface area contributed by atoms with Crippen molar-refractivity contribution >= 4 is 45.4 Å². The lowest BCUT2D eigenvalue weighted by Crippen LogP contribution is -2.21. The highest BCUT2D eigenvalue weighted by atomic mass is 16.6. The Morgan fingerprint density at radius 1 is 1.02 bits per heavy atom. The van der Waals surface area contributed by atoms with Gasteiger partial charge in [0.05, 0.1) is 34.5 Å². The van der Waals surface area contributed by atoms with Crippen molar-refractivity contribution in [1.82, 2.24) is 9.66 Å². The van der Waals surface area contributed by atoms with Crippen LogP contribution in [0.4, 0.5) is 11.4 Å². The van der Waals surface area contributed by atoms with Crippen molar-refractivity contribution in [2.45, 2.75) is 0 Å². The van der Waals surface area contributed by atoms with E-state index < -0.39 is 23.0 Å². The second kappa shape index (κ2) is 11.9. The number of nitrogens with zero attached hydrogens (tertiary/aromatic N) is 4. The van der Waals surface area contributed by atoms with Crippen molar-refractivity contribution in [1.29, 1.82) is 0 Å². The molecule has 218 valence electrons. The number of benzene rings is 4. The third kappa shape index (κ3) is 5.46. The number of amides is 1. The molecular weight excluding hydrogens is 566 g/mol. The predicted molar refractivity (Wildman–Crippen MR) is 164 cm³/mol. The van der Waals surface area contributed by atoms with Crippen LogP contribution in [-0.2, 0) is 4.79 Å². The fraction of sp³-hybridized carbons (Fsp3) is 0.0625. The number of hydrogen-bond donors (Lipinski definition) is 1. The van der Waals surface area contributed by atoms with E-state index in [1.165, 1.54) is 24.4 Å². The first-order valence-corrected chi connectivity index (χ1v) is 13.3. The summed E-state index contributed by atoms with van der Waals surface area (Å²) in [5, 5.41) is 19.9. The Bertz CT molecular complexity index is 2120. The fourth-order valence-corrected chi connectivity index (χ4v) is 4.63. The maximum absolute atomic E-state index is 13.7. The van der Waals surface area contributed by atoms with Gasteiger partial charge in [0.2, 0.25) is 11.6 Å². The number of nitrogens with one attached hydrogen (secondary N) is 1. The van der Waals surface area contributed by atoms with Crippen molar-refractivity contribution in [3.05, 3.63) is 123 Å². The lowest BCUT2D eigenvalue weighted by atomic mass is 10.2. The number of methoxy groups -OCH3 is 1. The Kier molecular flexibility index (Phi) is 7.53. The first kappa shape index (κ1) is 27.8. The predicted octanol–water partition coefficient (Wildman–Crippen LogP) is 5.63. The molecule has 0 radical (unpaired) electrons.